The van der Waals surface area contributed by atoms with Gasteiger partial charge in [0.25, 0.3) is 0 Å². The van der Waals surface area contributed by atoms with Crippen molar-refractivity contribution in [3.63, 3.8) is 0 Å². The molecule has 0 spiro atoms. The van der Waals surface area contributed by atoms with Crippen LogP contribution >= 0.6 is 11.6 Å². The first-order chi connectivity index (χ1) is 7.87. The first kappa shape index (κ1) is 12.5. The highest BCUT2D eigenvalue weighted by Gasteiger charge is 2.33. The van der Waals surface area contributed by atoms with Gasteiger partial charge in [0.15, 0.2) is 0 Å². The van der Waals surface area contributed by atoms with E-state index < -0.39 is 6.36 Å². The topological polar surface area (TPSA) is 35.2 Å². The number of aryl methyl sites for hydroxylation is 1. The molecule has 2 N–H and O–H groups in total. The highest BCUT2D eigenvalue weighted by molar-refractivity contribution is 6.32. The highest BCUT2D eigenvalue weighted by Crippen LogP contribution is 2.37. The quantitative estimate of drug-likeness (QED) is 0.842. The second-order valence-electron chi connectivity index (χ2n) is 4.03. The zero-order valence-corrected chi connectivity index (χ0v) is 9.61. The summed E-state index contributed by atoms with van der Waals surface area (Å²) >= 11 is 5.75. The highest BCUT2D eigenvalue weighted by atomic mass is 35.5. The van der Waals surface area contributed by atoms with Gasteiger partial charge in [-0.3, -0.25) is 0 Å². The maximum absolute atomic E-state index is 12.1. The molecule has 0 heterocycles. The summed E-state index contributed by atoms with van der Waals surface area (Å²) in [5.74, 6) is -0.379. The summed E-state index contributed by atoms with van der Waals surface area (Å²) in [7, 11) is 0. The minimum Gasteiger partial charge on any atom is -0.404 e. The van der Waals surface area contributed by atoms with Gasteiger partial charge in [-0.1, -0.05) is 11.6 Å². The average molecular weight is 266 g/mol. The molecule has 1 aromatic carbocycles. The van der Waals surface area contributed by atoms with Crippen LogP contribution in [0.1, 0.15) is 30.0 Å². The van der Waals surface area contributed by atoms with Crippen LogP contribution in [-0.4, -0.2) is 6.36 Å². The summed E-state index contributed by atoms with van der Waals surface area (Å²) in [5, 5.41) is -0.0322. The molecule has 2 nitrogen and oxygen atoms in total. The second-order valence-corrected chi connectivity index (χ2v) is 4.44. The van der Waals surface area contributed by atoms with E-state index in [4.69, 9.17) is 17.3 Å². The molecule has 1 atom stereocenters. The molecule has 0 saturated heterocycles. The zero-order chi connectivity index (χ0) is 12.6. The number of ether oxygens (including phenoxy) is 1. The van der Waals surface area contributed by atoms with E-state index in [1.165, 1.54) is 12.1 Å². The van der Waals surface area contributed by atoms with Crippen LogP contribution in [-0.2, 0) is 6.42 Å². The molecule has 94 valence electrons. The van der Waals surface area contributed by atoms with Gasteiger partial charge in [-0.05, 0) is 42.5 Å². The summed E-state index contributed by atoms with van der Waals surface area (Å²) in [4.78, 5) is 0. The Morgan fingerprint density at radius 1 is 1.35 bits per heavy atom. The van der Waals surface area contributed by atoms with E-state index in [0.717, 1.165) is 24.8 Å². The number of hydrogen-bond donors (Lipinski definition) is 1. The smallest absolute Gasteiger partial charge is 0.404 e. The number of alkyl halides is 3. The third-order valence-electron chi connectivity index (χ3n) is 2.78. The fraction of sp³-hybridized carbons (Fsp3) is 0.455. The first-order valence-electron chi connectivity index (χ1n) is 5.20. The molecule has 0 radical (unpaired) electrons. The SMILES string of the molecule is N[C@@H]1CCCc2cc(Cl)c(OC(F)(F)F)cc21. The molecule has 0 amide bonds. The summed E-state index contributed by atoms with van der Waals surface area (Å²) in [6.07, 6.45) is -2.27. The molecular formula is C11H11ClF3NO. The van der Waals surface area contributed by atoms with Gasteiger partial charge in [-0.2, -0.15) is 0 Å². The van der Waals surface area contributed by atoms with Crippen molar-refractivity contribution in [2.75, 3.05) is 0 Å². The van der Waals surface area contributed by atoms with Gasteiger partial charge in [0.1, 0.15) is 5.75 Å². The zero-order valence-electron chi connectivity index (χ0n) is 8.85. The normalized spacial score (nSPS) is 19.9. The van der Waals surface area contributed by atoms with Gasteiger partial charge in [0.2, 0.25) is 0 Å². The third-order valence-corrected chi connectivity index (χ3v) is 3.08. The van der Waals surface area contributed by atoms with Gasteiger partial charge < -0.3 is 10.5 Å². The van der Waals surface area contributed by atoms with Crippen LogP contribution < -0.4 is 10.5 Å². The first-order valence-corrected chi connectivity index (χ1v) is 5.58. The van der Waals surface area contributed by atoms with Crippen molar-refractivity contribution < 1.29 is 17.9 Å². The molecule has 0 fully saturated rings. The minimum absolute atomic E-state index is 0.0322. The van der Waals surface area contributed by atoms with Gasteiger partial charge in [-0.15, -0.1) is 13.2 Å². The van der Waals surface area contributed by atoms with Crippen molar-refractivity contribution >= 4 is 11.6 Å². The van der Waals surface area contributed by atoms with E-state index in [9.17, 15) is 13.2 Å². The Morgan fingerprint density at radius 2 is 2.06 bits per heavy atom. The molecule has 0 aromatic heterocycles. The predicted octanol–water partition coefficient (Wildman–Crippen LogP) is 3.57. The lowest BCUT2D eigenvalue weighted by molar-refractivity contribution is -0.274. The minimum atomic E-state index is -4.74. The summed E-state index contributed by atoms with van der Waals surface area (Å²) < 4.78 is 40.3. The van der Waals surface area contributed by atoms with E-state index in [1.807, 2.05) is 0 Å². The monoisotopic (exact) mass is 265 g/mol. The Hall–Kier alpha value is -0.940. The van der Waals surface area contributed by atoms with Gasteiger partial charge in [-0.25, -0.2) is 0 Å². The lowest BCUT2D eigenvalue weighted by atomic mass is 9.88. The van der Waals surface area contributed by atoms with Gasteiger partial charge >= 0.3 is 6.36 Å². The predicted molar refractivity (Wildman–Crippen MR) is 58.0 cm³/mol. The fourth-order valence-corrected chi connectivity index (χ4v) is 2.27. The van der Waals surface area contributed by atoms with Crippen LogP contribution in [0.15, 0.2) is 12.1 Å². The summed E-state index contributed by atoms with van der Waals surface area (Å²) in [6.45, 7) is 0. The van der Waals surface area contributed by atoms with E-state index in [0.29, 0.717) is 5.56 Å². The van der Waals surface area contributed by atoms with E-state index in [1.54, 1.807) is 0 Å². The Morgan fingerprint density at radius 3 is 2.71 bits per heavy atom. The lowest BCUT2D eigenvalue weighted by Gasteiger charge is -2.23. The molecule has 17 heavy (non-hydrogen) atoms. The van der Waals surface area contributed by atoms with E-state index >= 15 is 0 Å². The molecule has 0 unspecified atom stereocenters. The van der Waals surface area contributed by atoms with Crippen LogP contribution in [0.2, 0.25) is 5.02 Å². The average Bonchev–Trinajstić information content (AvgIpc) is 2.18. The van der Waals surface area contributed by atoms with Gasteiger partial charge in [0, 0.05) is 6.04 Å². The van der Waals surface area contributed by atoms with E-state index in [-0.39, 0.29) is 16.8 Å². The van der Waals surface area contributed by atoms with Crippen molar-refractivity contribution in [3.8, 4) is 5.75 Å². The molecule has 1 aromatic rings. The second kappa shape index (κ2) is 4.38. The molecular weight excluding hydrogens is 255 g/mol. The summed E-state index contributed by atoms with van der Waals surface area (Å²) in [5.41, 5.74) is 7.45. The van der Waals surface area contributed by atoms with Gasteiger partial charge in [0.05, 0.1) is 5.02 Å². The Balaban J connectivity index is 2.38. The Kier molecular flexibility index (Phi) is 3.23. The van der Waals surface area contributed by atoms with Crippen molar-refractivity contribution in [3.05, 3.63) is 28.3 Å². The Labute approximate surface area is 102 Å². The van der Waals surface area contributed by atoms with Crippen molar-refractivity contribution in [2.24, 2.45) is 5.73 Å². The lowest BCUT2D eigenvalue weighted by Crippen LogP contribution is -2.20. The van der Waals surface area contributed by atoms with Crippen molar-refractivity contribution in [2.45, 2.75) is 31.7 Å². The number of rotatable bonds is 1. The van der Waals surface area contributed by atoms with Crippen LogP contribution in [0, 0.1) is 0 Å². The number of nitrogens with two attached hydrogens (primary N) is 1. The molecule has 1 aliphatic rings. The molecule has 2 rings (SSSR count). The maximum atomic E-state index is 12.1. The fourth-order valence-electron chi connectivity index (χ4n) is 2.04. The summed E-state index contributed by atoms with van der Waals surface area (Å²) in [6, 6.07) is 2.57. The third kappa shape index (κ3) is 2.84. The number of halogens is 4. The molecule has 1 aliphatic carbocycles. The van der Waals surface area contributed by atoms with Crippen molar-refractivity contribution in [1.29, 1.82) is 0 Å². The Bertz CT molecular complexity index is 433. The molecule has 6 heteroatoms. The number of hydrogen-bond acceptors (Lipinski definition) is 2. The number of benzene rings is 1. The van der Waals surface area contributed by atoms with Crippen LogP contribution in [0.4, 0.5) is 13.2 Å². The molecule has 0 aliphatic heterocycles. The molecule has 0 bridgehead atoms. The van der Waals surface area contributed by atoms with Crippen LogP contribution in [0.5, 0.6) is 5.75 Å². The van der Waals surface area contributed by atoms with E-state index in [2.05, 4.69) is 4.74 Å². The number of fused-ring (bicyclic) bond motifs is 1. The van der Waals surface area contributed by atoms with Crippen LogP contribution in [0.3, 0.4) is 0 Å². The maximum Gasteiger partial charge on any atom is 0.573 e. The van der Waals surface area contributed by atoms with Crippen molar-refractivity contribution in [1.82, 2.24) is 0 Å². The largest absolute Gasteiger partial charge is 0.573 e. The standard InChI is InChI=1S/C11H11ClF3NO/c12-8-4-6-2-1-3-9(16)7(6)5-10(8)17-11(13,14)15/h4-5,9H,1-3,16H2/t9-/m1/s1. The van der Waals surface area contributed by atoms with Crippen LogP contribution in [0.25, 0.3) is 0 Å². The molecule has 0 saturated carbocycles.